The summed E-state index contributed by atoms with van der Waals surface area (Å²) in [4.78, 5) is 4.74. The molecule has 1 aliphatic heterocycles. The first kappa shape index (κ1) is 22.0. The maximum atomic E-state index is 13.3. The van der Waals surface area contributed by atoms with Crippen molar-refractivity contribution < 1.29 is 18.6 Å². The van der Waals surface area contributed by atoms with Gasteiger partial charge in [-0.3, -0.25) is 0 Å². The maximum absolute atomic E-state index is 13.3. The van der Waals surface area contributed by atoms with Crippen molar-refractivity contribution >= 4 is 34.7 Å². The number of aromatic nitrogens is 4. The van der Waals surface area contributed by atoms with Gasteiger partial charge >= 0.3 is 0 Å². The third-order valence-corrected chi connectivity index (χ3v) is 7.24. The number of benzene rings is 2. The molecule has 4 aromatic rings. The Morgan fingerprint density at radius 2 is 2.06 bits per heavy atom. The van der Waals surface area contributed by atoms with Crippen LogP contribution in [0.25, 0.3) is 10.6 Å². The summed E-state index contributed by atoms with van der Waals surface area (Å²) >= 11 is 9.18. The van der Waals surface area contributed by atoms with Crippen LogP contribution in [-0.4, -0.2) is 26.5 Å². The molecule has 1 aliphatic rings. The largest absolute Gasteiger partial charge is 0.481 e. The lowest BCUT2D eigenvalue weighted by molar-refractivity contribution is 0.174. The van der Waals surface area contributed by atoms with Crippen LogP contribution in [0.2, 0.25) is 5.02 Å². The number of nitrogens with zero attached hydrogens (tertiary/aromatic N) is 4. The molecule has 0 bridgehead atoms. The third kappa shape index (κ3) is 4.64. The van der Waals surface area contributed by atoms with Gasteiger partial charge in [0.2, 0.25) is 6.79 Å². The topological polar surface area (TPSA) is 71.3 Å². The molecule has 11 heteroatoms. The fourth-order valence-corrected chi connectivity index (χ4v) is 5.24. The van der Waals surface area contributed by atoms with Crippen LogP contribution >= 0.6 is 34.7 Å². The Labute approximate surface area is 202 Å². The molecule has 33 heavy (non-hydrogen) atoms. The summed E-state index contributed by atoms with van der Waals surface area (Å²) in [5.41, 5.74) is 1.94. The molecule has 3 heterocycles. The standard InChI is InChI=1S/C22H18ClFN4O3S2/c1-12(31-17-6-4-14(24)8-16(17)23)20-26-27-22(28(20)2)33-10-15-9-32-21(25-15)13-3-5-18-19(7-13)30-11-29-18/h3-9,12H,10-11H2,1-2H3. The van der Waals surface area contributed by atoms with E-state index in [1.54, 1.807) is 11.3 Å². The SMILES string of the molecule is CC(Oc1ccc(F)cc1Cl)c1nnc(SCc2csc(-c3ccc4c(c3)OCO4)n2)n1C. The second-order valence-corrected chi connectivity index (χ2v) is 9.44. The number of fused-ring (bicyclic) bond motifs is 1. The van der Waals surface area contributed by atoms with Crippen LogP contribution in [0, 0.1) is 5.82 Å². The highest BCUT2D eigenvalue weighted by atomic mass is 35.5. The minimum atomic E-state index is -0.420. The van der Waals surface area contributed by atoms with E-state index in [4.69, 9.17) is 30.8 Å². The highest BCUT2D eigenvalue weighted by Crippen LogP contribution is 2.37. The van der Waals surface area contributed by atoms with Crippen LogP contribution in [0.4, 0.5) is 4.39 Å². The molecule has 0 saturated heterocycles. The van der Waals surface area contributed by atoms with E-state index in [2.05, 4.69) is 10.2 Å². The normalized spacial score (nSPS) is 13.3. The zero-order valence-corrected chi connectivity index (χ0v) is 20.0. The summed E-state index contributed by atoms with van der Waals surface area (Å²) in [5.74, 6) is 2.75. The summed E-state index contributed by atoms with van der Waals surface area (Å²) in [7, 11) is 1.88. The molecule has 7 nitrogen and oxygen atoms in total. The Balaban J connectivity index is 1.24. The van der Waals surface area contributed by atoms with Gasteiger partial charge in [-0.25, -0.2) is 9.37 Å². The summed E-state index contributed by atoms with van der Waals surface area (Å²) in [6.07, 6.45) is -0.420. The number of hydrogen-bond donors (Lipinski definition) is 0. The average molecular weight is 505 g/mol. The first-order chi connectivity index (χ1) is 16.0. The van der Waals surface area contributed by atoms with Crippen LogP contribution in [0.1, 0.15) is 24.5 Å². The van der Waals surface area contributed by atoms with Crippen molar-refractivity contribution in [1.82, 2.24) is 19.7 Å². The fraction of sp³-hybridized carbons (Fsp3) is 0.227. The molecule has 0 fully saturated rings. The van der Waals surface area contributed by atoms with E-state index in [1.807, 2.05) is 42.1 Å². The van der Waals surface area contributed by atoms with Crippen molar-refractivity contribution in [2.75, 3.05) is 6.79 Å². The van der Waals surface area contributed by atoms with Crippen molar-refractivity contribution in [3.8, 4) is 27.8 Å². The van der Waals surface area contributed by atoms with E-state index in [1.165, 1.54) is 30.0 Å². The second-order valence-electron chi connectivity index (χ2n) is 7.24. The molecule has 0 aliphatic carbocycles. The first-order valence-corrected chi connectivity index (χ1v) is 12.2. The average Bonchev–Trinajstić information content (AvgIpc) is 3.53. The van der Waals surface area contributed by atoms with Crippen molar-refractivity contribution in [1.29, 1.82) is 0 Å². The summed E-state index contributed by atoms with van der Waals surface area (Å²) in [5, 5.41) is 12.4. The van der Waals surface area contributed by atoms with Crippen molar-refractivity contribution in [2.24, 2.45) is 7.05 Å². The van der Waals surface area contributed by atoms with E-state index in [0.717, 1.165) is 32.9 Å². The minimum absolute atomic E-state index is 0.209. The second kappa shape index (κ2) is 9.20. The molecule has 170 valence electrons. The molecule has 1 atom stereocenters. The number of rotatable bonds is 7. The van der Waals surface area contributed by atoms with Gasteiger partial charge in [0.15, 0.2) is 28.6 Å². The van der Waals surface area contributed by atoms with Gasteiger partial charge in [-0.1, -0.05) is 23.4 Å². The van der Waals surface area contributed by atoms with E-state index in [-0.39, 0.29) is 11.8 Å². The van der Waals surface area contributed by atoms with Crippen LogP contribution in [0.15, 0.2) is 46.9 Å². The van der Waals surface area contributed by atoms with Crippen LogP contribution in [-0.2, 0) is 12.8 Å². The van der Waals surface area contributed by atoms with Gasteiger partial charge < -0.3 is 18.8 Å². The Morgan fingerprint density at radius 1 is 1.21 bits per heavy atom. The number of ether oxygens (including phenoxy) is 3. The summed E-state index contributed by atoms with van der Waals surface area (Å²) in [6.45, 7) is 2.09. The lowest BCUT2D eigenvalue weighted by Gasteiger charge is -2.15. The van der Waals surface area contributed by atoms with Crippen LogP contribution in [0.5, 0.6) is 17.2 Å². The van der Waals surface area contributed by atoms with Crippen molar-refractivity contribution in [2.45, 2.75) is 23.9 Å². The van der Waals surface area contributed by atoms with Crippen molar-refractivity contribution in [3.05, 3.63) is 64.1 Å². The van der Waals surface area contributed by atoms with E-state index < -0.39 is 11.9 Å². The van der Waals surface area contributed by atoms with E-state index in [9.17, 15) is 4.39 Å². The van der Waals surface area contributed by atoms with Crippen molar-refractivity contribution in [3.63, 3.8) is 0 Å². The predicted octanol–water partition coefficient (Wildman–Crippen LogP) is 5.89. The van der Waals surface area contributed by atoms with E-state index in [0.29, 0.717) is 17.3 Å². The Bertz CT molecular complexity index is 1310. The van der Waals surface area contributed by atoms with Gasteiger partial charge in [-0.05, 0) is 43.3 Å². The first-order valence-electron chi connectivity index (χ1n) is 9.96. The highest BCUT2D eigenvalue weighted by Gasteiger charge is 2.19. The zero-order chi connectivity index (χ0) is 22.9. The third-order valence-electron chi connectivity index (χ3n) is 4.95. The Hall–Kier alpha value is -2.82. The molecule has 0 saturated carbocycles. The molecule has 0 spiro atoms. The smallest absolute Gasteiger partial charge is 0.231 e. The van der Waals surface area contributed by atoms with Gasteiger partial charge in [0.1, 0.15) is 16.6 Å². The maximum Gasteiger partial charge on any atom is 0.231 e. The van der Waals surface area contributed by atoms with Gasteiger partial charge in [-0.15, -0.1) is 21.5 Å². The Kier molecular flexibility index (Phi) is 6.13. The van der Waals surface area contributed by atoms with Crippen LogP contribution in [0.3, 0.4) is 0 Å². The number of halogens is 2. The zero-order valence-electron chi connectivity index (χ0n) is 17.6. The predicted molar refractivity (Wildman–Crippen MR) is 125 cm³/mol. The molecule has 0 radical (unpaired) electrons. The van der Waals surface area contributed by atoms with Gasteiger partial charge in [0.25, 0.3) is 0 Å². The molecule has 2 aromatic carbocycles. The number of thioether (sulfide) groups is 1. The molecule has 0 amide bonds. The molecule has 2 aromatic heterocycles. The van der Waals surface area contributed by atoms with Gasteiger partial charge in [0, 0.05) is 23.7 Å². The minimum Gasteiger partial charge on any atom is -0.481 e. The summed E-state index contributed by atoms with van der Waals surface area (Å²) < 4.78 is 31.8. The Morgan fingerprint density at radius 3 is 2.91 bits per heavy atom. The fourth-order valence-electron chi connectivity index (χ4n) is 3.29. The lowest BCUT2D eigenvalue weighted by atomic mass is 10.2. The van der Waals surface area contributed by atoms with Gasteiger partial charge in [-0.2, -0.15) is 0 Å². The molecular formula is C22H18ClFN4O3S2. The van der Waals surface area contributed by atoms with Gasteiger partial charge in [0.05, 0.1) is 10.7 Å². The molecule has 1 unspecified atom stereocenters. The molecule has 5 rings (SSSR count). The highest BCUT2D eigenvalue weighted by molar-refractivity contribution is 7.98. The van der Waals surface area contributed by atoms with Crippen LogP contribution < -0.4 is 14.2 Å². The van der Waals surface area contributed by atoms with E-state index >= 15 is 0 Å². The number of hydrogen-bond acceptors (Lipinski definition) is 8. The summed E-state index contributed by atoms with van der Waals surface area (Å²) in [6, 6.07) is 9.84. The number of thiazole rings is 1. The quantitative estimate of drug-likeness (QED) is 0.290. The molecule has 0 N–H and O–H groups in total. The molecular weight excluding hydrogens is 487 g/mol. The monoisotopic (exact) mass is 504 g/mol. The lowest BCUT2D eigenvalue weighted by Crippen LogP contribution is -2.10.